The van der Waals surface area contributed by atoms with Crippen molar-refractivity contribution in [3.05, 3.63) is 0 Å². The molecule has 2 atom stereocenters. The highest BCUT2D eigenvalue weighted by Gasteiger charge is 2.43. The molecule has 0 amide bonds. The van der Waals surface area contributed by atoms with E-state index < -0.39 is 0 Å². The van der Waals surface area contributed by atoms with Crippen molar-refractivity contribution in [2.75, 3.05) is 6.61 Å². The molecule has 66 valence electrons. The van der Waals surface area contributed by atoms with E-state index in [1.165, 1.54) is 12.8 Å². The minimum atomic E-state index is 0.189. The lowest BCUT2D eigenvalue weighted by molar-refractivity contribution is 0.147. The molecular weight excluding hydrogens is 138 g/mol. The minimum Gasteiger partial charge on any atom is -0.396 e. The van der Waals surface area contributed by atoms with Crippen LogP contribution in [-0.4, -0.2) is 17.8 Å². The van der Waals surface area contributed by atoms with Crippen LogP contribution in [0.3, 0.4) is 0 Å². The molecule has 0 spiro atoms. The van der Waals surface area contributed by atoms with Crippen LogP contribution in [-0.2, 0) is 0 Å². The molecule has 0 bridgehead atoms. The third-order valence-electron chi connectivity index (χ3n) is 3.20. The first-order valence-electron chi connectivity index (χ1n) is 4.47. The van der Waals surface area contributed by atoms with E-state index in [2.05, 4.69) is 6.92 Å². The van der Waals surface area contributed by atoms with Gasteiger partial charge in [-0.15, -0.1) is 0 Å². The summed E-state index contributed by atoms with van der Waals surface area (Å²) in [5.41, 5.74) is 6.08. The fourth-order valence-electron chi connectivity index (χ4n) is 1.79. The molecule has 11 heavy (non-hydrogen) atoms. The van der Waals surface area contributed by atoms with Crippen molar-refractivity contribution < 1.29 is 5.11 Å². The molecule has 1 fully saturated rings. The van der Waals surface area contributed by atoms with E-state index in [-0.39, 0.29) is 18.1 Å². The van der Waals surface area contributed by atoms with E-state index in [0.29, 0.717) is 0 Å². The highest BCUT2D eigenvalue weighted by molar-refractivity contribution is 4.95. The van der Waals surface area contributed by atoms with Crippen molar-refractivity contribution in [1.82, 2.24) is 0 Å². The van der Waals surface area contributed by atoms with E-state index in [0.717, 1.165) is 12.3 Å². The Bertz CT molecular complexity index is 128. The van der Waals surface area contributed by atoms with Gasteiger partial charge in [0.05, 0.1) is 0 Å². The van der Waals surface area contributed by atoms with E-state index in [4.69, 9.17) is 10.8 Å². The van der Waals surface area contributed by atoms with Crippen molar-refractivity contribution >= 4 is 0 Å². The Balaban J connectivity index is 2.53. The lowest BCUT2D eigenvalue weighted by Gasteiger charge is -2.33. The summed E-state index contributed by atoms with van der Waals surface area (Å²) in [6.07, 6.45) is 3.46. The van der Waals surface area contributed by atoms with Crippen molar-refractivity contribution in [2.45, 2.75) is 39.2 Å². The second-order valence-electron chi connectivity index (χ2n) is 4.04. The van der Waals surface area contributed by atoms with Gasteiger partial charge in [0, 0.05) is 12.6 Å². The van der Waals surface area contributed by atoms with E-state index in [9.17, 15) is 0 Å². The number of hydrogen-bond acceptors (Lipinski definition) is 2. The molecular formula is C9H19NO. The molecule has 2 unspecified atom stereocenters. The molecule has 1 aliphatic rings. The predicted octanol–water partition coefficient (Wildman–Crippen LogP) is 1.13. The molecule has 0 heterocycles. The van der Waals surface area contributed by atoms with Gasteiger partial charge in [-0.1, -0.05) is 6.92 Å². The molecule has 0 aromatic carbocycles. The molecule has 0 radical (unpaired) electrons. The number of aliphatic hydroxyl groups excluding tert-OH is 1. The van der Waals surface area contributed by atoms with E-state index >= 15 is 0 Å². The van der Waals surface area contributed by atoms with Crippen molar-refractivity contribution in [1.29, 1.82) is 0 Å². The largest absolute Gasteiger partial charge is 0.396 e. The Kier molecular flexibility index (Phi) is 2.55. The van der Waals surface area contributed by atoms with Gasteiger partial charge in [-0.05, 0) is 37.5 Å². The first-order valence-corrected chi connectivity index (χ1v) is 4.47. The summed E-state index contributed by atoms with van der Waals surface area (Å²) in [6.45, 7) is 4.52. The topological polar surface area (TPSA) is 46.2 Å². The number of hydrogen-bond donors (Lipinski definition) is 2. The standard InChI is InChI=1S/C9H19NO/c1-7(10)9(2,5-6-11)8-3-4-8/h7-8,11H,3-6,10H2,1-2H3. The van der Waals surface area contributed by atoms with E-state index in [1.807, 2.05) is 6.92 Å². The van der Waals surface area contributed by atoms with Crippen molar-refractivity contribution in [3.8, 4) is 0 Å². The zero-order valence-corrected chi connectivity index (χ0v) is 7.51. The molecule has 2 nitrogen and oxygen atoms in total. The SMILES string of the molecule is CC(N)C(C)(CCO)C1CC1. The summed E-state index contributed by atoms with van der Waals surface area (Å²) in [4.78, 5) is 0. The van der Waals surface area contributed by atoms with Crippen molar-refractivity contribution in [3.63, 3.8) is 0 Å². The summed E-state index contributed by atoms with van der Waals surface area (Å²) >= 11 is 0. The van der Waals surface area contributed by atoms with Gasteiger partial charge in [0.15, 0.2) is 0 Å². The van der Waals surface area contributed by atoms with Crippen LogP contribution in [0.2, 0.25) is 0 Å². The Morgan fingerprint density at radius 3 is 2.45 bits per heavy atom. The van der Waals surface area contributed by atoms with Gasteiger partial charge < -0.3 is 10.8 Å². The fourth-order valence-corrected chi connectivity index (χ4v) is 1.79. The minimum absolute atomic E-state index is 0.189. The zero-order chi connectivity index (χ0) is 8.48. The van der Waals surface area contributed by atoms with Gasteiger partial charge in [-0.3, -0.25) is 0 Å². The van der Waals surface area contributed by atoms with Gasteiger partial charge in [-0.2, -0.15) is 0 Å². The maximum Gasteiger partial charge on any atom is 0.0436 e. The normalized spacial score (nSPS) is 26.2. The smallest absolute Gasteiger partial charge is 0.0436 e. The predicted molar refractivity (Wildman–Crippen MR) is 46.2 cm³/mol. The summed E-state index contributed by atoms with van der Waals surface area (Å²) in [6, 6.07) is 0.210. The molecule has 3 N–H and O–H groups in total. The lowest BCUT2D eigenvalue weighted by Crippen LogP contribution is -2.39. The highest BCUT2D eigenvalue weighted by atomic mass is 16.3. The Morgan fingerprint density at radius 2 is 2.18 bits per heavy atom. The first kappa shape index (κ1) is 9.01. The monoisotopic (exact) mass is 157 g/mol. The Labute approximate surface area is 68.8 Å². The first-order chi connectivity index (χ1) is 5.11. The van der Waals surface area contributed by atoms with Gasteiger partial charge in [-0.25, -0.2) is 0 Å². The lowest BCUT2D eigenvalue weighted by atomic mass is 9.76. The van der Waals surface area contributed by atoms with Gasteiger partial charge >= 0.3 is 0 Å². The molecule has 0 aromatic heterocycles. The second-order valence-corrected chi connectivity index (χ2v) is 4.04. The van der Waals surface area contributed by atoms with Crippen LogP contribution < -0.4 is 5.73 Å². The van der Waals surface area contributed by atoms with Crippen LogP contribution in [0.1, 0.15) is 33.1 Å². The van der Waals surface area contributed by atoms with Crippen LogP contribution in [0.25, 0.3) is 0 Å². The van der Waals surface area contributed by atoms with E-state index in [1.54, 1.807) is 0 Å². The van der Waals surface area contributed by atoms with Crippen LogP contribution >= 0.6 is 0 Å². The number of rotatable bonds is 4. The molecule has 1 aliphatic carbocycles. The molecule has 2 heteroatoms. The molecule has 1 rings (SSSR count). The highest BCUT2D eigenvalue weighted by Crippen LogP contribution is 2.48. The quantitative estimate of drug-likeness (QED) is 0.642. The summed E-state index contributed by atoms with van der Waals surface area (Å²) in [7, 11) is 0. The zero-order valence-electron chi connectivity index (χ0n) is 7.51. The summed E-state index contributed by atoms with van der Waals surface area (Å²) in [5, 5.41) is 8.87. The molecule has 0 saturated heterocycles. The summed E-state index contributed by atoms with van der Waals surface area (Å²) in [5.74, 6) is 0.773. The van der Waals surface area contributed by atoms with Crippen LogP contribution in [0.15, 0.2) is 0 Å². The van der Waals surface area contributed by atoms with Gasteiger partial charge in [0.25, 0.3) is 0 Å². The molecule has 0 aliphatic heterocycles. The van der Waals surface area contributed by atoms with Crippen LogP contribution in [0.4, 0.5) is 0 Å². The molecule has 0 aromatic rings. The maximum absolute atomic E-state index is 8.87. The van der Waals surface area contributed by atoms with Gasteiger partial charge in [0.2, 0.25) is 0 Å². The number of aliphatic hydroxyl groups is 1. The third-order valence-corrected chi connectivity index (χ3v) is 3.20. The fraction of sp³-hybridized carbons (Fsp3) is 1.00. The third kappa shape index (κ3) is 1.74. The molecule has 1 saturated carbocycles. The summed E-state index contributed by atoms with van der Waals surface area (Å²) < 4.78 is 0. The van der Waals surface area contributed by atoms with Gasteiger partial charge in [0.1, 0.15) is 0 Å². The van der Waals surface area contributed by atoms with Crippen LogP contribution in [0.5, 0.6) is 0 Å². The Hall–Kier alpha value is -0.0800. The maximum atomic E-state index is 8.87. The van der Waals surface area contributed by atoms with Crippen LogP contribution in [0, 0.1) is 11.3 Å². The second kappa shape index (κ2) is 3.11. The van der Waals surface area contributed by atoms with Crippen molar-refractivity contribution in [2.24, 2.45) is 17.1 Å². The average Bonchev–Trinajstić information content (AvgIpc) is 2.68. The number of nitrogens with two attached hydrogens (primary N) is 1. The average molecular weight is 157 g/mol. The Morgan fingerprint density at radius 1 is 1.64 bits per heavy atom.